The molecule has 0 aromatic heterocycles. The predicted octanol–water partition coefficient (Wildman–Crippen LogP) is 4.58. The van der Waals surface area contributed by atoms with Gasteiger partial charge in [-0.2, -0.15) is 5.26 Å². The fraction of sp³-hybridized carbons (Fsp3) is 0.200. The Hall–Kier alpha value is -3.06. The molecule has 122 valence electrons. The predicted molar refractivity (Wildman–Crippen MR) is 97.7 cm³/mol. The van der Waals surface area contributed by atoms with Gasteiger partial charge in [0.05, 0.1) is 0 Å². The van der Waals surface area contributed by atoms with Gasteiger partial charge < -0.3 is 10.6 Å². The maximum atomic E-state index is 12.4. The molecule has 24 heavy (non-hydrogen) atoms. The van der Waals surface area contributed by atoms with E-state index in [1.807, 2.05) is 61.5 Å². The summed E-state index contributed by atoms with van der Waals surface area (Å²) in [7, 11) is 0. The first kappa shape index (κ1) is 17.3. The van der Waals surface area contributed by atoms with Crippen LogP contribution in [0.25, 0.3) is 0 Å². The summed E-state index contributed by atoms with van der Waals surface area (Å²) >= 11 is 0. The highest BCUT2D eigenvalue weighted by molar-refractivity contribution is 6.07. The molecule has 0 bridgehead atoms. The van der Waals surface area contributed by atoms with Crippen LogP contribution >= 0.6 is 0 Å². The van der Waals surface area contributed by atoms with Gasteiger partial charge in [0.1, 0.15) is 11.6 Å². The number of amides is 1. The van der Waals surface area contributed by atoms with Gasteiger partial charge in [0.15, 0.2) is 0 Å². The first-order valence-electron chi connectivity index (χ1n) is 7.85. The summed E-state index contributed by atoms with van der Waals surface area (Å²) in [5, 5.41) is 15.1. The summed E-state index contributed by atoms with van der Waals surface area (Å²) in [4.78, 5) is 12.4. The van der Waals surface area contributed by atoms with Gasteiger partial charge in [-0.1, -0.05) is 49.7 Å². The maximum Gasteiger partial charge on any atom is 0.267 e. The van der Waals surface area contributed by atoms with E-state index < -0.39 is 5.91 Å². The highest BCUT2D eigenvalue weighted by Crippen LogP contribution is 2.24. The number of carbonyl (C=O) groups is 1. The smallest absolute Gasteiger partial charge is 0.267 e. The number of aryl methyl sites for hydroxylation is 1. The number of hydrogen-bond donors (Lipinski definition) is 2. The molecule has 0 spiro atoms. The van der Waals surface area contributed by atoms with Crippen LogP contribution in [-0.2, 0) is 4.79 Å². The molecule has 2 aromatic carbocycles. The molecule has 0 fully saturated rings. The fourth-order valence-corrected chi connectivity index (χ4v) is 2.26. The van der Waals surface area contributed by atoms with E-state index in [-0.39, 0.29) is 11.5 Å². The summed E-state index contributed by atoms with van der Waals surface area (Å²) in [6, 6.07) is 17.3. The van der Waals surface area contributed by atoms with Crippen molar-refractivity contribution in [2.45, 2.75) is 26.7 Å². The number of anilines is 2. The van der Waals surface area contributed by atoms with Crippen LogP contribution in [0.2, 0.25) is 0 Å². The molecular weight excluding hydrogens is 298 g/mol. The quantitative estimate of drug-likeness (QED) is 0.626. The van der Waals surface area contributed by atoms with Crippen molar-refractivity contribution in [3.05, 3.63) is 71.4 Å². The van der Waals surface area contributed by atoms with Gasteiger partial charge in [-0.25, -0.2) is 0 Å². The molecule has 0 saturated heterocycles. The SMILES string of the molecule is Cc1ccc(N/C=C(/C#N)C(=O)Nc2ccccc2C(C)C)cc1. The molecule has 2 N–H and O–H groups in total. The van der Waals surface area contributed by atoms with E-state index in [4.69, 9.17) is 0 Å². The molecule has 0 radical (unpaired) electrons. The Morgan fingerprint density at radius 1 is 1.12 bits per heavy atom. The van der Waals surface area contributed by atoms with Gasteiger partial charge in [0, 0.05) is 17.6 Å². The zero-order valence-corrected chi connectivity index (χ0v) is 14.1. The third-order valence-corrected chi connectivity index (χ3v) is 3.63. The van der Waals surface area contributed by atoms with Gasteiger partial charge in [-0.3, -0.25) is 4.79 Å². The molecule has 2 aromatic rings. The Kier molecular flexibility index (Phi) is 5.75. The van der Waals surface area contributed by atoms with Gasteiger partial charge >= 0.3 is 0 Å². The lowest BCUT2D eigenvalue weighted by Gasteiger charge is -2.13. The second kappa shape index (κ2) is 7.98. The summed E-state index contributed by atoms with van der Waals surface area (Å²) in [6.07, 6.45) is 1.43. The summed E-state index contributed by atoms with van der Waals surface area (Å²) in [6.45, 7) is 6.12. The molecule has 4 heteroatoms. The van der Waals surface area contributed by atoms with Crippen molar-refractivity contribution in [1.82, 2.24) is 0 Å². The van der Waals surface area contributed by atoms with E-state index in [1.165, 1.54) is 6.20 Å². The van der Waals surface area contributed by atoms with E-state index >= 15 is 0 Å². The Morgan fingerprint density at radius 3 is 2.42 bits per heavy atom. The number of nitrogens with zero attached hydrogens (tertiary/aromatic N) is 1. The molecule has 0 aliphatic rings. The topological polar surface area (TPSA) is 64.9 Å². The van der Waals surface area contributed by atoms with Gasteiger partial charge in [-0.05, 0) is 36.6 Å². The monoisotopic (exact) mass is 319 g/mol. The van der Waals surface area contributed by atoms with Crippen molar-refractivity contribution < 1.29 is 4.79 Å². The van der Waals surface area contributed by atoms with Crippen molar-refractivity contribution in [1.29, 1.82) is 5.26 Å². The third-order valence-electron chi connectivity index (χ3n) is 3.63. The fourth-order valence-electron chi connectivity index (χ4n) is 2.26. The number of rotatable bonds is 5. The summed E-state index contributed by atoms with van der Waals surface area (Å²) in [5.41, 5.74) is 3.76. The lowest BCUT2D eigenvalue weighted by molar-refractivity contribution is -0.112. The summed E-state index contributed by atoms with van der Waals surface area (Å²) < 4.78 is 0. The molecule has 4 nitrogen and oxygen atoms in total. The number of hydrogen-bond acceptors (Lipinski definition) is 3. The molecule has 0 unspecified atom stereocenters. The van der Waals surface area contributed by atoms with Crippen molar-refractivity contribution in [2.75, 3.05) is 10.6 Å². The largest absolute Gasteiger partial charge is 0.360 e. The highest BCUT2D eigenvalue weighted by Gasteiger charge is 2.12. The highest BCUT2D eigenvalue weighted by atomic mass is 16.1. The lowest BCUT2D eigenvalue weighted by Crippen LogP contribution is -2.16. The second-order valence-corrected chi connectivity index (χ2v) is 5.88. The minimum atomic E-state index is -0.426. The van der Waals surface area contributed by atoms with Gasteiger partial charge in [0.2, 0.25) is 0 Å². The third kappa shape index (κ3) is 4.47. The van der Waals surface area contributed by atoms with Crippen LogP contribution in [-0.4, -0.2) is 5.91 Å². The van der Waals surface area contributed by atoms with Crippen LogP contribution in [0.3, 0.4) is 0 Å². The molecule has 0 aliphatic heterocycles. The van der Waals surface area contributed by atoms with Crippen LogP contribution < -0.4 is 10.6 Å². The number of para-hydroxylation sites is 1. The van der Waals surface area contributed by atoms with E-state index in [9.17, 15) is 10.1 Å². The summed E-state index contributed by atoms with van der Waals surface area (Å²) in [5.74, 6) is -0.146. The van der Waals surface area contributed by atoms with Crippen molar-refractivity contribution in [2.24, 2.45) is 0 Å². The lowest BCUT2D eigenvalue weighted by atomic mass is 10.0. The molecule has 1 amide bonds. The Labute approximate surface area is 142 Å². The minimum Gasteiger partial charge on any atom is -0.360 e. The number of benzene rings is 2. The Bertz CT molecular complexity index is 783. The van der Waals surface area contributed by atoms with Gasteiger partial charge in [-0.15, -0.1) is 0 Å². The molecule has 2 rings (SSSR count). The van der Waals surface area contributed by atoms with Crippen molar-refractivity contribution in [3.63, 3.8) is 0 Å². The molecule has 0 saturated carbocycles. The molecule has 0 heterocycles. The van der Waals surface area contributed by atoms with Crippen LogP contribution in [0.1, 0.15) is 30.9 Å². The van der Waals surface area contributed by atoms with E-state index in [2.05, 4.69) is 24.5 Å². The minimum absolute atomic E-state index is 0.0223. The van der Waals surface area contributed by atoms with Crippen LogP contribution in [0.15, 0.2) is 60.3 Å². The average Bonchev–Trinajstić information content (AvgIpc) is 2.57. The van der Waals surface area contributed by atoms with Crippen LogP contribution in [0.4, 0.5) is 11.4 Å². The van der Waals surface area contributed by atoms with E-state index in [0.29, 0.717) is 0 Å². The normalized spacial score (nSPS) is 11.0. The van der Waals surface area contributed by atoms with E-state index in [1.54, 1.807) is 0 Å². The van der Waals surface area contributed by atoms with Crippen molar-refractivity contribution in [3.8, 4) is 6.07 Å². The standard InChI is InChI=1S/C20H21N3O/c1-14(2)18-6-4-5-7-19(18)23-20(24)16(12-21)13-22-17-10-8-15(3)9-11-17/h4-11,13-14,22H,1-3H3,(H,23,24)/b16-13-. The Morgan fingerprint density at radius 2 is 1.79 bits per heavy atom. The van der Waals surface area contributed by atoms with Crippen LogP contribution in [0.5, 0.6) is 0 Å². The maximum absolute atomic E-state index is 12.4. The molecule has 0 aliphatic carbocycles. The van der Waals surface area contributed by atoms with Crippen molar-refractivity contribution >= 4 is 17.3 Å². The average molecular weight is 319 g/mol. The number of nitrogens with one attached hydrogen (secondary N) is 2. The molecular formula is C20H21N3O. The first-order valence-corrected chi connectivity index (χ1v) is 7.85. The zero-order chi connectivity index (χ0) is 17.5. The van der Waals surface area contributed by atoms with Crippen LogP contribution in [0, 0.1) is 18.3 Å². The van der Waals surface area contributed by atoms with E-state index in [0.717, 1.165) is 22.5 Å². The zero-order valence-electron chi connectivity index (χ0n) is 14.1. The number of carbonyl (C=O) groups excluding carboxylic acids is 1. The first-order chi connectivity index (χ1) is 11.5. The Balaban J connectivity index is 2.13. The number of nitriles is 1. The second-order valence-electron chi connectivity index (χ2n) is 5.88. The molecule has 0 atom stereocenters. The van der Waals surface area contributed by atoms with Gasteiger partial charge in [0.25, 0.3) is 5.91 Å².